The van der Waals surface area contributed by atoms with Crippen molar-refractivity contribution in [1.82, 2.24) is 10.3 Å². The van der Waals surface area contributed by atoms with Gasteiger partial charge in [0.25, 0.3) is 0 Å². The first-order valence-corrected chi connectivity index (χ1v) is 7.23. The fraction of sp³-hybridized carbons (Fsp3) is 0.667. The smallest absolute Gasteiger partial charge is 0.137 e. The molecule has 4 heteroatoms. The van der Waals surface area contributed by atoms with Crippen molar-refractivity contribution in [3.05, 3.63) is 24.0 Å². The zero-order valence-electron chi connectivity index (χ0n) is 11.9. The molecule has 2 atom stereocenters. The van der Waals surface area contributed by atoms with Crippen LogP contribution in [0.5, 0.6) is 5.75 Å². The van der Waals surface area contributed by atoms with Crippen molar-refractivity contribution in [2.45, 2.75) is 32.7 Å². The molecule has 1 aromatic rings. The van der Waals surface area contributed by atoms with Crippen LogP contribution in [0.3, 0.4) is 0 Å². The number of hydrogen-bond donors (Lipinski definition) is 1. The lowest BCUT2D eigenvalue weighted by Gasteiger charge is -2.16. The Morgan fingerprint density at radius 2 is 2.37 bits per heavy atom. The molecule has 1 saturated heterocycles. The Bertz CT molecular complexity index is 361. The lowest BCUT2D eigenvalue weighted by atomic mass is 10.1. The molecule has 0 aliphatic carbocycles. The van der Waals surface area contributed by atoms with Crippen LogP contribution in [-0.2, 0) is 4.74 Å². The Kier molecular flexibility index (Phi) is 5.61. The summed E-state index contributed by atoms with van der Waals surface area (Å²) in [6, 6.07) is 4.40. The van der Waals surface area contributed by atoms with Gasteiger partial charge in [0.15, 0.2) is 0 Å². The van der Waals surface area contributed by atoms with Crippen LogP contribution in [0.1, 0.15) is 38.4 Å². The maximum Gasteiger partial charge on any atom is 0.137 e. The van der Waals surface area contributed by atoms with Crippen LogP contribution < -0.4 is 10.1 Å². The van der Waals surface area contributed by atoms with Crippen LogP contribution in [0.15, 0.2) is 18.3 Å². The highest BCUT2D eigenvalue weighted by molar-refractivity contribution is 5.21. The van der Waals surface area contributed by atoms with Crippen LogP contribution in [0.25, 0.3) is 0 Å². The summed E-state index contributed by atoms with van der Waals surface area (Å²) in [5, 5.41) is 3.42. The molecule has 0 amide bonds. The molecule has 1 N–H and O–H groups in total. The summed E-state index contributed by atoms with van der Waals surface area (Å²) in [5.41, 5.74) is 1.08. The summed E-state index contributed by atoms with van der Waals surface area (Å²) < 4.78 is 11.1. The quantitative estimate of drug-likeness (QED) is 0.822. The highest BCUT2D eigenvalue weighted by Gasteiger charge is 2.16. The predicted octanol–water partition coefficient (Wildman–Crippen LogP) is 2.56. The van der Waals surface area contributed by atoms with E-state index in [0.29, 0.717) is 12.0 Å². The van der Waals surface area contributed by atoms with Crippen LogP contribution in [0, 0.1) is 5.92 Å². The molecular weight excluding hydrogens is 240 g/mol. The van der Waals surface area contributed by atoms with Gasteiger partial charge in [-0.1, -0.05) is 13.8 Å². The Hall–Kier alpha value is -1.13. The van der Waals surface area contributed by atoms with Crippen LogP contribution >= 0.6 is 0 Å². The van der Waals surface area contributed by atoms with E-state index in [4.69, 9.17) is 9.47 Å². The van der Waals surface area contributed by atoms with Crippen molar-refractivity contribution in [3.8, 4) is 5.75 Å². The van der Waals surface area contributed by atoms with Gasteiger partial charge in [-0.2, -0.15) is 0 Å². The Morgan fingerprint density at radius 3 is 2.95 bits per heavy atom. The summed E-state index contributed by atoms with van der Waals surface area (Å²) in [4.78, 5) is 4.49. The number of ether oxygens (including phenoxy) is 2. The largest absolute Gasteiger partial charge is 0.492 e. The summed E-state index contributed by atoms with van der Waals surface area (Å²) in [6.07, 6.45) is 3.97. The number of aromatic nitrogens is 1. The Morgan fingerprint density at radius 1 is 1.47 bits per heavy atom. The van der Waals surface area contributed by atoms with Crippen molar-refractivity contribution in [2.75, 3.05) is 26.4 Å². The van der Waals surface area contributed by atoms with Crippen molar-refractivity contribution >= 4 is 0 Å². The molecule has 1 fully saturated rings. The average Bonchev–Trinajstić information content (AvgIpc) is 2.96. The maximum absolute atomic E-state index is 5.76. The molecular formula is C15H24N2O2. The third kappa shape index (κ3) is 4.18. The molecule has 0 spiro atoms. The molecule has 2 rings (SSSR count). The predicted molar refractivity (Wildman–Crippen MR) is 75.4 cm³/mol. The second-order valence-electron chi connectivity index (χ2n) is 4.98. The highest BCUT2D eigenvalue weighted by atomic mass is 16.5. The monoisotopic (exact) mass is 264 g/mol. The molecule has 0 aromatic carbocycles. The lowest BCUT2D eigenvalue weighted by molar-refractivity contribution is 0.167. The maximum atomic E-state index is 5.76. The zero-order valence-corrected chi connectivity index (χ0v) is 11.9. The minimum absolute atomic E-state index is 0.335. The van der Waals surface area contributed by atoms with Crippen molar-refractivity contribution in [3.63, 3.8) is 0 Å². The van der Waals surface area contributed by atoms with Gasteiger partial charge in [0.05, 0.1) is 25.1 Å². The molecule has 0 saturated carbocycles. The SMILES string of the molecule is CCNC(CC)c1ccc(OCC2CCOC2)cn1. The topological polar surface area (TPSA) is 43.4 Å². The van der Waals surface area contributed by atoms with Gasteiger partial charge in [-0.3, -0.25) is 4.98 Å². The van der Waals surface area contributed by atoms with Gasteiger partial charge in [-0.25, -0.2) is 0 Å². The van der Waals surface area contributed by atoms with E-state index in [1.54, 1.807) is 0 Å². The van der Waals surface area contributed by atoms with Crippen molar-refractivity contribution in [2.24, 2.45) is 5.92 Å². The van der Waals surface area contributed by atoms with Crippen LogP contribution in [0.4, 0.5) is 0 Å². The van der Waals surface area contributed by atoms with E-state index in [-0.39, 0.29) is 0 Å². The molecule has 0 radical (unpaired) electrons. The lowest BCUT2D eigenvalue weighted by Crippen LogP contribution is -2.21. The second kappa shape index (κ2) is 7.46. The number of rotatable bonds is 7. The first-order valence-electron chi connectivity index (χ1n) is 7.23. The molecule has 1 aliphatic rings. The van der Waals surface area contributed by atoms with E-state index < -0.39 is 0 Å². The van der Waals surface area contributed by atoms with Crippen LogP contribution in [0.2, 0.25) is 0 Å². The minimum atomic E-state index is 0.335. The molecule has 2 heterocycles. The van der Waals surface area contributed by atoms with Crippen molar-refractivity contribution in [1.29, 1.82) is 0 Å². The fourth-order valence-corrected chi connectivity index (χ4v) is 2.32. The van der Waals surface area contributed by atoms with Gasteiger partial charge in [0.1, 0.15) is 5.75 Å². The first-order chi connectivity index (χ1) is 9.33. The molecule has 1 aliphatic heterocycles. The van der Waals surface area contributed by atoms with E-state index in [1.807, 2.05) is 12.3 Å². The average molecular weight is 264 g/mol. The number of nitrogens with one attached hydrogen (secondary N) is 1. The first kappa shape index (κ1) is 14.3. The third-order valence-electron chi connectivity index (χ3n) is 3.48. The van der Waals surface area contributed by atoms with Gasteiger partial charge >= 0.3 is 0 Å². The van der Waals surface area contributed by atoms with E-state index in [9.17, 15) is 0 Å². The molecule has 0 bridgehead atoms. The highest BCUT2D eigenvalue weighted by Crippen LogP contribution is 2.19. The molecule has 19 heavy (non-hydrogen) atoms. The Labute approximate surface area is 115 Å². The summed E-state index contributed by atoms with van der Waals surface area (Å²) >= 11 is 0. The van der Waals surface area contributed by atoms with E-state index >= 15 is 0 Å². The van der Waals surface area contributed by atoms with Gasteiger partial charge in [0, 0.05) is 18.6 Å². The number of nitrogens with zero attached hydrogens (tertiary/aromatic N) is 1. The Balaban J connectivity index is 1.86. The number of hydrogen-bond acceptors (Lipinski definition) is 4. The third-order valence-corrected chi connectivity index (χ3v) is 3.48. The van der Waals surface area contributed by atoms with E-state index in [2.05, 4.69) is 30.2 Å². The van der Waals surface area contributed by atoms with E-state index in [0.717, 1.165) is 50.7 Å². The zero-order chi connectivity index (χ0) is 13.5. The number of pyridine rings is 1. The summed E-state index contributed by atoms with van der Waals surface area (Å²) in [5.74, 6) is 1.38. The second-order valence-corrected chi connectivity index (χ2v) is 4.98. The minimum Gasteiger partial charge on any atom is -0.492 e. The van der Waals surface area contributed by atoms with Crippen LogP contribution in [-0.4, -0.2) is 31.3 Å². The molecule has 4 nitrogen and oxygen atoms in total. The standard InChI is InChI=1S/C15H24N2O2/c1-3-14(16-4-2)15-6-5-13(9-17-15)19-11-12-7-8-18-10-12/h5-6,9,12,14,16H,3-4,7-8,10-11H2,1-2H3. The molecule has 106 valence electrons. The summed E-state index contributed by atoms with van der Waals surface area (Å²) in [7, 11) is 0. The van der Waals surface area contributed by atoms with Gasteiger partial charge in [-0.05, 0) is 31.5 Å². The summed E-state index contributed by atoms with van der Waals surface area (Å²) in [6.45, 7) is 7.66. The van der Waals surface area contributed by atoms with E-state index in [1.165, 1.54) is 0 Å². The molecule has 1 aromatic heterocycles. The van der Waals surface area contributed by atoms with Gasteiger partial charge < -0.3 is 14.8 Å². The van der Waals surface area contributed by atoms with Gasteiger partial charge in [0.2, 0.25) is 0 Å². The van der Waals surface area contributed by atoms with Crippen molar-refractivity contribution < 1.29 is 9.47 Å². The fourth-order valence-electron chi connectivity index (χ4n) is 2.32. The van der Waals surface area contributed by atoms with Gasteiger partial charge in [-0.15, -0.1) is 0 Å². The normalized spacial score (nSPS) is 20.4. The molecule has 2 unspecified atom stereocenters.